The first-order valence-electron chi connectivity index (χ1n) is 7.76. The Morgan fingerprint density at radius 2 is 2.12 bits per heavy atom. The fourth-order valence-corrected chi connectivity index (χ4v) is 3.33. The zero-order chi connectivity index (χ0) is 17.9. The van der Waals surface area contributed by atoms with E-state index in [-0.39, 0.29) is 24.7 Å². The van der Waals surface area contributed by atoms with Gasteiger partial charge >= 0.3 is 0 Å². The number of ether oxygens (including phenoxy) is 1. The zero-order valence-corrected chi connectivity index (χ0v) is 14.5. The summed E-state index contributed by atoms with van der Waals surface area (Å²) in [5.41, 5.74) is 0.980. The molecule has 1 fully saturated rings. The van der Waals surface area contributed by atoms with E-state index in [4.69, 9.17) is 4.74 Å². The van der Waals surface area contributed by atoms with Crippen molar-refractivity contribution in [2.24, 2.45) is 0 Å². The average Bonchev–Trinajstić information content (AvgIpc) is 3.10. The second-order valence-electron chi connectivity index (χ2n) is 5.71. The summed E-state index contributed by atoms with van der Waals surface area (Å²) in [6.45, 7) is 1.05. The number of benzene rings is 1. The van der Waals surface area contributed by atoms with Gasteiger partial charge in [0.2, 0.25) is 10.0 Å². The van der Waals surface area contributed by atoms with Crippen molar-refractivity contribution in [2.45, 2.75) is 6.10 Å². The molecule has 9 nitrogen and oxygen atoms in total. The predicted octanol–water partition coefficient (Wildman–Crippen LogP) is -0.342. The third-order valence-electron chi connectivity index (χ3n) is 3.81. The molecule has 1 N–H and O–H groups in total. The maximum absolute atomic E-state index is 12.2. The smallest absolute Gasteiger partial charge is 0.273 e. The van der Waals surface area contributed by atoms with Crippen LogP contribution in [0.1, 0.15) is 10.5 Å². The molecular formula is C15H19N5O4S. The van der Waals surface area contributed by atoms with Gasteiger partial charge in [-0.15, -0.1) is 5.10 Å². The van der Waals surface area contributed by atoms with Crippen molar-refractivity contribution >= 4 is 15.9 Å². The molecule has 134 valence electrons. The first-order valence-corrected chi connectivity index (χ1v) is 9.61. The molecule has 0 saturated carbocycles. The van der Waals surface area contributed by atoms with Crippen LogP contribution in [0.3, 0.4) is 0 Å². The first kappa shape index (κ1) is 17.5. The number of para-hydroxylation sites is 1. The lowest BCUT2D eigenvalue weighted by molar-refractivity contribution is 0.000411. The number of nitrogens with one attached hydrogen (secondary N) is 1. The van der Waals surface area contributed by atoms with Crippen LogP contribution in [0.25, 0.3) is 5.69 Å². The van der Waals surface area contributed by atoms with E-state index in [1.54, 1.807) is 0 Å². The van der Waals surface area contributed by atoms with Gasteiger partial charge in [-0.1, -0.05) is 23.4 Å². The van der Waals surface area contributed by atoms with Gasteiger partial charge in [0.25, 0.3) is 5.91 Å². The van der Waals surface area contributed by atoms with Crippen LogP contribution < -0.4 is 5.32 Å². The number of carbonyl (C=O) groups excluding carboxylic acids is 1. The second kappa shape index (κ2) is 7.30. The van der Waals surface area contributed by atoms with Gasteiger partial charge in [0, 0.05) is 19.6 Å². The number of aromatic nitrogens is 3. The van der Waals surface area contributed by atoms with Crippen LogP contribution in [-0.2, 0) is 14.8 Å². The number of hydrogen-bond acceptors (Lipinski definition) is 6. The number of rotatable bonds is 5. The fourth-order valence-electron chi connectivity index (χ4n) is 2.49. The largest absolute Gasteiger partial charge is 0.374 e. The van der Waals surface area contributed by atoms with Gasteiger partial charge in [0.15, 0.2) is 5.69 Å². The molecule has 0 radical (unpaired) electrons. The third-order valence-corrected chi connectivity index (χ3v) is 5.08. The number of carbonyl (C=O) groups is 1. The Bertz CT molecular complexity index is 837. The Balaban J connectivity index is 1.57. The first-order chi connectivity index (χ1) is 11.9. The van der Waals surface area contributed by atoms with Crippen molar-refractivity contribution in [2.75, 3.05) is 32.5 Å². The fraction of sp³-hybridized carbons (Fsp3) is 0.400. The van der Waals surface area contributed by atoms with Crippen LogP contribution in [0.2, 0.25) is 0 Å². The molecule has 0 aliphatic carbocycles. The van der Waals surface area contributed by atoms with Crippen LogP contribution in [0, 0.1) is 0 Å². The number of morpholine rings is 1. The predicted molar refractivity (Wildman–Crippen MR) is 89.8 cm³/mol. The Morgan fingerprint density at radius 1 is 1.36 bits per heavy atom. The summed E-state index contributed by atoms with van der Waals surface area (Å²) >= 11 is 0. The third kappa shape index (κ3) is 4.41. The molecule has 2 heterocycles. The molecule has 0 spiro atoms. The van der Waals surface area contributed by atoms with E-state index in [2.05, 4.69) is 15.6 Å². The summed E-state index contributed by atoms with van der Waals surface area (Å²) in [6, 6.07) is 9.32. The highest BCUT2D eigenvalue weighted by Crippen LogP contribution is 2.09. The molecule has 10 heteroatoms. The zero-order valence-electron chi connectivity index (χ0n) is 13.7. The Hall–Kier alpha value is -2.30. The summed E-state index contributed by atoms with van der Waals surface area (Å²) < 4.78 is 31.5. The molecule has 1 atom stereocenters. The molecule has 2 aromatic rings. The van der Waals surface area contributed by atoms with Gasteiger partial charge in [-0.3, -0.25) is 4.79 Å². The molecule has 0 unspecified atom stereocenters. The van der Waals surface area contributed by atoms with Gasteiger partial charge in [0.1, 0.15) is 0 Å². The van der Waals surface area contributed by atoms with Crippen molar-refractivity contribution in [1.82, 2.24) is 24.6 Å². The standard InChI is InChI=1S/C15H19N5O4S/c1-25(22,23)19-7-8-24-13(10-19)9-16-15(21)14-11-20(18-17-14)12-5-3-2-4-6-12/h2-6,11,13H,7-10H2,1H3,(H,16,21)/t13-/m1/s1. The van der Waals surface area contributed by atoms with Crippen LogP contribution >= 0.6 is 0 Å². The quantitative estimate of drug-likeness (QED) is 0.777. The van der Waals surface area contributed by atoms with Gasteiger partial charge < -0.3 is 10.1 Å². The summed E-state index contributed by atoms with van der Waals surface area (Å²) in [4.78, 5) is 12.2. The summed E-state index contributed by atoms with van der Waals surface area (Å²) in [5.74, 6) is -0.387. The molecule has 1 aliphatic rings. The lowest BCUT2D eigenvalue weighted by atomic mass is 10.3. The lowest BCUT2D eigenvalue weighted by Crippen LogP contribution is -2.49. The number of sulfonamides is 1. The minimum atomic E-state index is -3.26. The van der Waals surface area contributed by atoms with E-state index in [1.807, 2.05) is 30.3 Å². The van der Waals surface area contributed by atoms with Gasteiger partial charge in [-0.05, 0) is 12.1 Å². The van der Waals surface area contributed by atoms with Crippen molar-refractivity contribution < 1.29 is 17.9 Å². The highest BCUT2D eigenvalue weighted by molar-refractivity contribution is 7.88. The monoisotopic (exact) mass is 365 g/mol. The minimum absolute atomic E-state index is 0.180. The van der Waals surface area contributed by atoms with E-state index in [0.717, 1.165) is 11.9 Å². The van der Waals surface area contributed by atoms with E-state index in [1.165, 1.54) is 15.2 Å². The molecule has 1 aliphatic heterocycles. The number of hydrogen-bond donors (Lipinski definition) is 1. The maximum Gasteiger partial charge on any atom is 0.273 e. The topological polar surface area (TPSA) is 106 Å². The SMILES string of the molecule is CS(=O)(=O)N1CCO[C@H](CNC(=O)c2cn(-c3ccccc3)nn2)C1. The second-order valence-corrected chi connectivity index (χ2v) is 7.69. The Kier molecular flexibility index (Phi) is 5.11. The molecular weight excluding hydrogens is 346 g/mol. The van der Waals surface area contributed by atoms with Crippen LogP contribution in [0.5, 0.6) is 0 Å². The molecule has 25 heavy (non-hydrogen) atoms. The van der Waals surface area contributed by atoms with Crippen molar-refractivity contribution in [3.8, 4) is 5.69 Å². The van der Waals surface area contributed by atoms with Crippen LogP contribution in [0.4, 0.5) is 0 Å². The molecule has 1 saturated heterocycles. The van der Waals surface area contributed by atoms with Gasteiger partial charge in [-0.2, -0.15) is 4.31 Å². The maximum atomic E-state index is 12.2. The van der Waals surface area contributed by atoms with E-state index in [0.29, 0.717) is 13.2 Å². The van der Waals surface area contributed by atoms with Crippen LogP contribution in [-0.4, -0.2) is 72.2 Å². The normalized spacial score (nSPS) is 18.8. The van der Waals surface area contributed by atoms with Crippen LogP contribution in [0.15, 0.2) is 36.5 Å². The minimum Gasteiger partial charge on any atom is -0.374 e. The van der Waals surface area contributed by atoms with E-state index < -0.39 is 16.1 Å². The lowest BCUT2D eigenvalue weighted by Gasteiger charge is -2.31. The summed E-state index contributed by atoms with van der Waals surface area (Å²) in [7, 11) is -3.26. The molecule has 1 aromatic carbocycles. The summed E-state index contributed by atoms with van der Waals surface area (Å²) in [6.07, 6.45) is 2.31. The van der Waals surface area contributed by atoms with Crippen molar-refractivity contribution in [3.63, 3.8) is 0 Å². The van der Waals surface area contributed by atoms with Crippen molar-refractivity contribution in [3.05, 3.63) is 42.2 Å². The average molecular weight is 365 g/mol. The van der Waals surface area contributed by atoms with Gasteiger partial charge in [0.05, 0.1) is 30.9 Å². The number of nitrogens with zero attached hydrogens (tertiary/aromatic N) is 4. The Labute approximate surface area is 145 Å². The molecule has 3 rings (SSSR count). The molecule has 1 amide bonds. The summed E-state index contributed by atoms with van der Waals surface area (Å²) in [5, 5.41) is 10.5. The van der Waals surface area contributed by atoms with E-state index >= 15 is 0 Å². The van der Waals surface area contributed by atoms with E-state index in [9.17, 15) is 13.2 Å². The molecule has 0 bridgehead atoms. The molecule has 1 aromatic heterocycles. The van der Waals surface area contributed by atoms with Crippen molar-refractivity contribution in [1.29, 1.82) is 0 Å². The highest BCUT2D eigenvalue weighted by Gasteiger charge is 2.27. The Morgan fingerprint density at radius 3 is 2.84 bits per heavy atom. The number of amides is 1. The van der Waals surface area contributed by atoms with Gasteiger partial charge in [-0.25, -0.2) is 13.1 Å². The highest BCUT2D eigenvalue weighted by atomic mass is 32.2.